The highest BCUT2D eigenvalue weighted by molar-refractivity contribution is 5.86. The van der Waals surface area contributed by atoms with Gasteiger partial charge in [0.1, 0.15) is 12.6 Å². The number of hydrogen-bond acceptors (Lipinski definition) is 6. The molecule has 0 aliphatic carbocycles. The second-order valence-electron chi connectivity index (χ2n) is 7.25. The van der Waals surface area contributed by atoms with Crippen molar-refractivity contribution in [2.75, 3.05) is 37.6 Å². The number of piperazine rings is 1. The Morgan fingerprint density at radius 3 is 2.41 bits per heavy atom. The first-order valence-corrected chi connectivity index (χ1v) is 10.0. The van der Waals surface area contributed by atoms with E-state index in [0.29, 0.717) is 45.1 Å². The molecule has 2 aliphatic rings. The summed E-state index contributed by atoms with van der Waals surface area (Å²) in [6.07, 6.45) is 4.52. The molecule has 2 aliphatic heterocycles. The first-order chi connectivity index (χ1) is 14.2. The predicted molar refractivity (Wildman–Crippen MR) is 107 cm³/mol. The third-order valence-corrected chi connectivity index (χ3v) is 5.40. The molecule has 0 bridgehead atoms. The number of amides is 2. The Bertz CT molecular complexity index is 825. The van der Waals surface area contributed by atoms with E-state index in [-0.39, 0.29) is 12.5 Å². The van der Waals surface area contributed by atoms with Crippen molar-refractivity contribution in [3.8, 4) is 0 Å². The lowest BCUT2D eigenvalue weighted by atomic mass is 10.1. The van der Waals surface area contributed by atoms with Gasteiger partial charge in [0.2, 0.25) is 11.9 Å². The van der Waals surface area contributed by atoms with Crippen LogP contribution in [-0.4, -0.2) is 70.5 Å². The maximum Gasteiger partial charge on any atom is 0.410 e. The maximum absolute atomic E-state index is 13.1. The van der Waals surface area contributed by atoms with Crippen LogP contribution in [-0.2, 0) is 16.1 Å². The zero-order valence-electron chi connectivity index (χ0n) is 16.3. The van der Waals surface area contributed by atoms with Gasteiger partial charge in [0.05, 0.1) is 0 Å². The number of ether oxygens (including phenoxy) is 1. The van der Waals surface area contributed by atoms with Gasteiger partial charge in [-0.25, -0.2) is 14.8 Å². The molecule has 1 atom stereocenters. The molecule has 2 fully saturated rings. The summed E-state index contributed by atoms with van der Waals surface area (Å²) < 4.78 is 5.45. The zero-order valence-corrected chi connectivity index (χ0v) is 16.3. The van der Waals surface area contributed by atoms with Crippen LogP contribution in [0.3, 0.4) is 0 Å². The molecule has 1 aromatic carbocycles. The van der Waals surface area contributed by atoms with Crippen LogP contribution in [0.1, 0.15) is 18.4 Å². The minimum absolute atomic E-state index is 0.00721. The second kappa shape index (κ2) is 8.89. The van der Waals surface area contributed by atoms with Crippen molar-refractivity contribution in [3.63, 3.8) is 0 Å². The first kappa shape index (κ1) is 19.2. The molecule has 8 nitrogen and oxygen atoms in total. The molecule has 152 valence electrons. The molecule has 1 aromatic heterocycles. The quantitative estimate of drug-likeness (QED) is 0.787. The molecule has 2 amide bonds. The Morgan fingerprint density at radius 1 is 0.966 bits per heavy atom. The SMILES string of the molecule is O=C(C1CCCN1C(=O)OCc1ccccc1)N1CCN(c2ncccn2)CC1. The molecule has 8 heteroatoms. The molecular formula is C21H25N5O3. The molecule has 3 heterocycles. The van der Waals surface area contributed by atoms with Crippen LogP contribution in [0, 0.1) is 0 Å². The third-order valence-electron chi connectivity index (χ3n) is 5.40. The molecule has 2 saturated heterocycles. The minimum Gasteiger partial charge on any atom is -0.445 e. The third kappa shape index (κ3) is 4.47. The van der Waals surface area contributed by atoms with E-state index in [4.69, 9.17) is 4.74 Å². The Kier molecular flexibility index (Phi) is 5.88. The topological polar surface area (TPSA) is 78.9 Å². The van der Waals surface area contributed by atoms with E-state index in [1.165, 1.54) is 0 Å². The molecule has 29 heavy (non-hydrogen) atoms. The summed E-state index contributed by atoms with van der Waals surface area (Å²) in [5.41, 5.74) is 0.933. The number of hydrogen-bond donors (Lipinski definition) is 0. The lowest BCUT2D eigenvalue weighted by molar-refractivity contribution is -0.135. The molecule has 0 N–H and O–H groups in total. The van der Waals surface area contributed by atoms with Crippen molar-refractivity contribution in [3.05, 3.63) is 54.4 Å². The van der Waals surface area contributed by atoms with Gasteiger partial charge in [0.25, 0.3) is 0 Å². The van der Waals surface area contributed by atoms with Crippen LogP contribution in [0.4, 0.5) is 10.7 Å². The van der Waals surface area contributed by atoms with Crippen LogP contribution in [0.2, 0.25) is 0 Å². The van der Waals surface area contributed by atoms with E-state index < -0.39 is 12.1 Å². The molecule has 4 rings (SSSR count). The number of rotatable bonds is 4. The van der Waals surface area contributed by atoms with Gasteiger partial charge in [-0.15, -0.1) is 0 Å². The predicted octanol–water partition coefficient (Wildman–Crippen LogP) is 1.93. The van der Waals surface area contributed by atoms with E-state index in [1.807, 2.05) is 35.2 Å². The second-order valence-corrected chi connectivity index (χ2v) is 7.25. The van der Waals surface area contributed by atoms with Crippen LogP contribution in [0.25, 0.3) is 0 Å². The Balaban J connectivity index is 1.31. The number of aromatic nitrogens is 2. The van der Waals surface area contributed by atoms with E-state index in [9.17, 15) is 9.59 Å². The Labute approximate surface area is 170 Å². The normalized spacial score (nSPS) is 19.3. The van der Waals surface area contributed by atoms with E-state index in [0.717, 1.165) is 12.0 Å². The lowest BCUT2D eigenvalue weighted by Gasteiger charge is -2.37. The number of anilines is 1. The first-order valence-electron chi connectivity index (χ1n) is 10.0. The van der Waals surface area contributed by atoms with Crippen molar-refractivity contribution in [1.82, 2.24) is 19.8 Å². The van der Waals surface area contributed by atoms with Gasteiger partial charge in [0, 0.05) is 45.1 Å². The minimum atomic E-state index is -0.433. The fourth-order valence-corrected chi connectivity index (χ4v) is 3.84. The van der Waals surface area contributed by atoms with Crippen molar-refractivity contribution >= 4 is 17.9 Å². The molecule has 1 unspecified atom stereocenters. The lowest BCUT2D eigenvalue weighted by Crippen LogP contribution is -2.54. The van der Waals surface area contributed by atoms with Gasteiger partial charge in [-0.05, 0) is 24.5 Å². The number of likely N-dealkylation sites (tertiary alicyclic amines) is 1. The highest BCUT2D eigenvalue weighted by Crippen LogP contribution is 2.22. The van der Waals surface area contributed by atoms with E-state index >= 15 is 0 Å². The molecule has 0 spiro atoms. The summed E-state index contributed by atoms with van der Waals surface area (Å²) in [5, 5.41) is 0. The molecular weight excluding hydrogens is 370 g/mol. The van der Waals surface area contributed by atoms with Crippen LogP contribution >= 0.6 is 0 Å². The van der Waals surface area contributed by atoms with E-state index in [2.05, 4.69) is 14.9 Å². The molecule has 0 radical (unpaired) electrons. The van der Waals surface area contributed by atoms with Crippen molar-refractivity contribution in [2.24, 2.45) is 0 Å². The summed E-state index contributed by atoms with van der Waals surface area (Å²) in [7, 11) is 0. The van der Waals surface area contributed by atoms with Gasteiger partial charge in [-0.3, -0.25) is 9.69 Å². The maximum atomic E-state index is 13.1. The van der Waals surface area contributed by atoms with Crippen molar-refractivity contribution < 1.29 is 14.3 Å². The summed E-state index contributed by atoms with van der Waals surface area (Å²) in [6.45, 7) is 3.33. The fourth-order valence-electron chi connectivity index (χ4n) is 3.84. The number of nitrogens with zero attached hydrogens (tertiary/aromatic N) is 5. The van der Waals surface area contributed by atoms with Crippen LogP contribution < -0.4 is 4.90 Å². The van der Waals surface area contributed by atoms with Gasteiger partial charge in [0.15, 0.2) is 0 Å². The standard InChI is InChI=1S/C21H25N5O3/c27-19(24-12-14-25(15-13-24)20-22-9-5-10-23-20)18-8-4-11-26(18)21(28)29-16-17-6-2-1-3-7-17/h1-3,5-7,9-10,18H,4,8,11-16H2. The molecule has 2 aromatic rings. The summed E-state index contributed by atoms with van der Waals surface area (Å²) in [5.74, 6) is 0.694. The highest BCUT2D eigenvalue weighted by Gasteiger charge is 2.38. The van der Waals surface area contributed by atoms with Crippen LogP contribution in [0.15, 0.2) is 48.8 Å². The smallest absolute Gasteiger partial charge is 0.410 e. The number of carbonyl (C=O) groups is 2. The fraction of sp³-hybridized carbons (Fsp3) is 0.429. The summed E-state index contributed by atoms with van der Waals surface area (Å²) in [6, 6.07) is 10.9. The van der Waals surface area contributed by atoms with E-state index in [1.54, 1.807) is 23.4 Å². The zero-order chi connectivity index (χ0) is 20.1. The average molecular weight is 395 g/mol. The van der Waals surface area contributed by atoms with Crippen molar-refractivity contribution in [2.45, 2.75) is 25.5 Å². The van der Waals surface area contributed by atoms with Gasteiger partial charge < -0.3 is 14.5 Å². The number of carbonyl (C=O) groups excluding carboxylic acids is 2. The van der Waals surface area contributed by atoms with Crippen molar-refractivity contribution in [1.29, 1.82) is 0 Å². The summed E-state index contributed by atoms with van der Waals surface area (Å²) >= 11 is 0. The number of benzene rings is 1. The Hall–Kier alpha value is -3.16. The van der Waals surface area contributed by atoms with Gasteiger partial charge in [-0.2, -0.15) is 0 Å². The van der Waals surface area contributed by atoms with Gasteiger partial charge in [-0.1, -0.05) is 30.3 Å². The molecule has 0 saturated carbocycles. The Morgan fingerprint density at radius 2 is 1.69 bits per heavy atom. The van der Waals surface area contributed by atoms with Crippen LogP contribution in [0.5, 0.6) is 0 Å². The largest absolute Gasteiger partial charge is 0.445 e. The highest BCUT2D eigenvalue weighted by atomic mass is 16.6. The average Bonchev–Trinajstić information content (AvgIpc) is 3.28. The monoisotopic (exact) mass is 395 g/mol. The van der Waals surface area contributed by atoms with Gasteiger partial charge >= 0.3 is 6.09 Å². The summed E-state index contributed by atoms with van der Waals surface area (Å²) in [4.78, 5) is 39.7.